The van der Waals surface area contributed by atoms with Gasteiger partial charge in [0.15, 0.2) is 11.2 Å². The Kier molecular flexibility index (Phi) is 5.60. The summed E-state index contributed by atoms with van der Waals surface area (Å²) in [4.78, 5) is 29.9. The highest BCUT2D eigenvalue weighted by Gasteiger charge is 2.19. The van der Waals surface area contributed by atoms with Crippen LogP contribution in [0.1, 0.15) is 16.7 Å². The van der Waals surface area contributed by atoms with Gasteiger partial charge in [-0.25, -0.2) is 10.2 Å². The van der Waals surface area contributed by atoms with Crippen molar-refractivity contribution in [1.29, 1.82) is 0 Å². The minimum atomic E-state index is -0.428. The van der Waals surface area contributed by atoms with E-state index in [-0.39, 0.29) is 0 Å². The number of benzene rings is 2. The molecule has 2 heterocycles. The number of aryl methyl sites for hydroxylation is 2. The molecule has 4 rings (SSSR count). The van der Waals surface area contributed by atoms with Gasteiger partial charge in [-0.3, -0.25) is 18.5 Å². The van der Waals surface area contributed by atoms with Crippen LogP contribution >= 0.6 is 15.9 Å². The zero-order valence-corrected chi connectivity index (χ0v) is 18.9. The van der Waals surface area contributed by atoms with Gasteiger partial charge in [0.1, 0.15) is 0 Å². The van der Waals surface area contributed by atoms with E-state index in [4.69, 9.17) is 0 Å². The molecule has 4 aromatic rings. The minimum Gasteiger partial charge on any atom is -0.298 e. The second kappa shape index (κ2) is 8.35. The zero-order valence-electron chi connectivity index (χ0n) is 17.3. The van der Waals surface area contributed by atoms with Gasteiger partial charge in [0.2, 0.25) is 5.95 Å². The number of halogens is 1. The molecule has 0 unspecified atom stereocenters. The highest BCUT2D eigenvalue weighted by molar-refractivity contribution is 9.10. The van der Waals surface area contributed by atoms with E-state index in [0.717, 1.165) is 25.7 Å². The van der Waals surface area contributed by atoms with Gasteiger partial charge in [-0.1, -0.05) is 52.3 Å². The third kappa shape index (κ3) is 3.96. The van der Waals surface area contributed by atoms with Gasteiger partial charge in [0, 0.05) is 18.6 Å². The van der Waals surface area contributed by atoms with Crippen LogP contribution in [0.3, 0.4) is 0 Å². The van der Waals surface area contributed by atoms with Crippen LogP contribution in [0.25, 0.3) is 11.2 Å². The summed E-state index contributed by atoms with van der Waals surface area (Å²) in [6.45, 7) is 2.42. The Hall–Kier alpha value is -3.46. The van der Waals surface area contributed by atoms with Crippen LogP contribution in [0, 0.1) is 6.92 Å². The molecule has 0 fully saturated rings. The van der Waals surface area contributed by atoms with E-state index in [1.54, 1.807) is 17.8 Å². The average Bonchev–Trinajstić information content (AvgIpc) is 3.12. The Morgan fingerprint density at radius 2 is 1.77 bits per heavy atom. The second-order valence-electron chi connectivity index (χ2n) is 7.25. The molecule has 0 bridgehead atoms. The lowest BCUT2D eigenvalue weighted by Crippen LogP contribution is -2.37. The molecule has 0 saturated carbocycles. The van der Waals surface area contributed by atoms with Gasteiger partial charge in [-0.15, -0.1) is 0 Å². The van der Waals surface area contributed by atoms with Crippen LogP contribution in [0.4, 0.5) is 5.95 Å². The first-order valence-corrected chi connectivity index (χ1v) is 10.4. The predicted octanol–water partition coefficient (Wildman–Crippen LogP) is 3.00. The van der Waals surface area contributed by atoms with Gasteiger partial charge < -0.3 is 0 Å². The van der Waals surface area contributed by atoms with E-state index >= 15 is 0 Å². The first kappa shape index (κ1) is 20.8. The summed E-state index contributed by atoms with van der Waals surface area (Å²) in [5.41, 5.74) is 5.80. The number of hydrogen-bond donors (Lipinski definition) is 1. The van der Waals surface area contributed by atoms with Crippen molar-refractivity contribution in [2.45, 2.75) is 13.5 Å². The van der Waals surface area contributed by atoms with Gasteiger partial charge in [-0.05, 0) is 35.7 Å². The topological polar surface area (TPSA) is 86.2 Å². The molecule has 0 aliphatic rings. The summed E-state index contributed by atoms with van der Waals surface area (Å²) in [6, 6.07) is 15.6. The average molecular weight is 481 g/mol. The normalized spacial score (nSPS) is 11.5. The Labute approximate surface area is 186 Å². The Bertz CT molecular complexity index is 1410. The maximum Gasteiger partial charge on any atom is 0.332 e. The maximum atomic E-state index is 13.0. The summed E-state index contributed by atoms with van der Waals surface area (Å²) >= 11 is 3.41. The van der Waals surface area contributed by atoms with E-state index in [1.807, 2.05) is 55.5 Å². The fourth-order valence-electron chi connectivity index (χ4n) is 3.36. The van der Waals surface area contributed by atoms with Crippen LogP contribution < -0.4 is 16.7 Å². The quantitative estimate of drug-likeness (QED) is 0.351. The van der Waals surface area contributed by atoms with Gasteiger partial charge in [0.25, 0.3) is 5.56 Å². The van der Waals surface area contributed by atoms with Crippen LogP contribution in [0.15, 0.2) is 67.7 Å². The highest BCUT2D eigenvalue weighted by atomic mass is 79.9. The molecular weight excluding hydrogens is 460 g/mol. The van der Waals surface area contributed by atoms with Crippen molar-refractivity contribution in [1.82, 2.24) is 18.7 Å². The van der Waals surface area contributed by atoms with Gasteiger partial charge in [0.05, 0.1) is 12.8 Å². The predicted molar refractivity (Wildman–Crippen MR) is 126 cm³/mol. The van der Waals surface area contributed by atoms with Crippen molar-refractivity contribution in [2.75, 3.05) is 5.43 Å². The third-order valence-corrected chi connectivity index (χ3v) is 5.71. The molecule has 0 radical (unpaired) electrons. The molecule has 0 saturated heterocycles. The van der Waals surface area contributed by atoms with Crippen molar-refractivity contribution in [3.05, 3.63) is 90.5 Å². The molecule has 158 valence electrons. The van der Waals surface area contributed by atoms with Crippen LogP contribution in [-0.4, -0.2) is 24.9 Å². The molecule has 8 nitrogen and oxygen atoms in total. The maximum absolute atomic E-state index is 13.0. The molecule has 0 amide bonds. The van der Waals surface area contributed by atoms with E-state index in [2.05, 4.69) is 31.4 Å². The zero-order chi connectivity index (χ0) is 22.1. The summed E-state index contributed by atoms with van der Waals surface area (Å²) in [5, 5.41) is 4.30. The second-order valence-corrected chi connectivity index (χ2v) is 8.16. The molecule has 0 atom stereocenters. The smallest absolute Gasteiger partial charge is 0.298 e. The fraction of sp³-hybridized carbons (Fsp3) is 0.182. The Balaban J connectivity index is 1.83. The molecule has 9 heteroatoms. The summed E-state index contributed by atoms with van der Waals surface area (Å²) in [7, 11) is 3.07. The highest BCUT2D eigenvalue weighted by Crippen LogP contribution is 2.19. The molecule has 1 N–H and O–H groups in total. The monoisotopic (exact) mass is 480 g/mol. The van der Waals surface area contributed by atoms with E-state index in [9.17, 15) is 9.59 Å². The lowest BCUT2D eigenvalue weighted by molar-refractivity contribution is 0.702. The van der Waals surface area contributed by atoms with Gasteiger partial charge in [-0.2, -0.15) is 10.1 Å². The molecule has 2 aromatic heterocycles. The number of nitrogens with one attached hydrogen (secondary N) is 1. The summed E-state index contributed by atoms with van der Waals surface area (Å²) < 4.78 is 5.20. The number of fused-ring (bicyclic) bond motifs is 1. The summed E-state index contributed by atoms with van der Waals surface area (Å²) in [6.07, 6.45) is 1.67. The first-order valence-electron chi connectivity index (χ1n) is 9.62. The standard InChI is InChI=1S/C22H21BrN6O2/c1-14-6-4-5-7-16(14)13-29-18-19(27(2)22(31)28(3)20(18)30)25-21(29)26-24-12-15-8-10-17(23)11-9-15/h4-12H,13H2,1-3H3,(H,25,26)/b24-12-. The molecule has 2 aromatic carbocycles. The molecular formula is C22H21BrN6O2. The lowest BCUT2D eigenvalue weighted by Gasteiger charge is -2.11. The molecule has 0 aliphatic heterocycles. The largest absolute Gasteiger partial charge is 0.332 e. The number of anilines is 1. The number of imidazole rings is 1. The van der Waals surface area contributed by atoms with Crippen molar-refractivity contribution >= 4 is 39.3 Å². The van der Waals surface area contributed by atoms with Crippen molar-refractivity contribution in [3.8, 4) is 0 Å². The number of nitrogens with zero attached hydrogens (tertiary/aromatic N) is 5. The van der Waals surface area contributed by atoms with E-state index in [1.165, 1.54) is 11.6 Å². The van der Waals surface area contributed by atoms with Crippen molar-refractivity contribution in [2.24, 2.45) is 19.2 Å². The van der Waals surface area contributed by atoms with Crippen LogP contribution in [0.2, 0.25) is 0 Å². The van der Waals surface area contributed by atoms with E-state index in [0.29, 0.717) is 23.7 Å². The van der Waals surface area contributed by atoms with Crippen LogP contribution in [-0.2, 0) is 20.6 Å². The molecule has 0 aliphatic carbocycles. The Morgan fingerprint density at radius 1 is 1.06 bits per heavy atom. The fourth-order valence-corrected chi connectivity index (χ4v) is 3.62. The van der Waals surface area contributed by atoms with Crippen molar-refractivity contribution in [3.63, 3.8) is 0 Å². The Morgan fingerprint density at radius 3 is 2.48 bits per heavy atom. The summed E-state index contributed by atoms with van der Waals surface area (Å²) in [5.74, 6) is 0.380. The number of aromatic nitrogens is 4. The van der Waals surface area contributed by atoms with E-state index < -0.39 is 11.2 Å². The number of rotatable bonds is 5. The SMILES string of the molecule is Cc1ccccc1Cn1c(N/N=C\c2ccc(Br)cc2)nc2c1c(=O)n(C)c(=O)n2C. The molecule has 0 spiro atoms. The number of hydrazone groups is 1. The van der Waals surface area contributed by atoms with Gasteiger partial charge >= 0.3 is 5.69 Å². The number of hydrogen-bond acceptors (Lipinski definition) is 5. The molecule has 31 heavy (non-hydrogen) atoms. The van der Waals surface area contributed by atoms with Crippen molar-refractivity contribution < 1.29 is 0 Å². The first-order chi connectivity index (χ1) is 14.9. The lowest BCUT2D eigenvalue weighted by atomic mass is 10.1. The third-order valence-electron chi connectivity index (χ3n) is 5.19. The minimum absolute atomic E-state index is 0.308. The van der Waals surface area contributed by atoms with Crippen LogP contribution in [0.5, 0.6) is 0 Å².